The van der Waals surface area contributed by atoms with Crippen LogP contribution in [0.15, 0.2) is 134 Å². The summed E-state index contributed by atoms with van der Waals surface area (Å²) in [5.41, 5.74) is 12.4. The van der Waals surface area contributed by atoms with Gasteiger partial charge in [0.15, 0.2) is 0 Å². The largest absolute Gasteiger partial charge is 0.507 e. The standard InChI is InChI=1S/C47H41N4O.Pt/c1-46(2,3)35-19-20-42(52)40(28-35)45-50-44-38(17-10-18-41(44)51(45)37-15-8-7-9-16-37)33-24-34(26-36(25-33)47(4,5)6)39-27-32(31-14-11-21-48-29-31)23-30-13-12-22-49-43(30)39;/h7-23,25-29,52H,1-6H3;/q-1;. The molecule has 6 heteroatoms. The van der Waals surface area contributed by atoms with Crippen molar-refractivity contribution in [2.24, 2.45) is 0 Å². The Hall–Kier alpha value is -5.38. The van der Waals surface area contributed by atoms with Crippen LogP contribution in [-0.4, -0.2) is 24.6 Å². The van der Waals surface area contributed by atoms with Gasteiger partial charge in [-0.3, -0.25) is 14.5 Å². The molecule has 8 aromatic rings. The third-order valence-electron chi connectivity index (χ3n) is 9.82. The monoisotopic (exact) mass is 872 g/mol. The first-order valence-corrected chi connectivity index (χ1v) is 17.7. The number of fused-ring (bicyclic) bond motifs is 2. The van der Waals surface area contributed by atoms with Crippen molar-refractivity contribution in [3.8, 4) is 56.2 Å². The maximum Gasteiger partial charge on any atom is 0.148 e. The quantitative estimate of drug-likeness (QED) is 0.175. The van der Waals surface area contributed by atoms with Crippen LogP contribution in [0, 0.1) is 6.07 Å². The van der Waals surface area contributed by atoms with Gasteiger partial charge in [-0.05, 0) is 81.4 Å². The van der Waals surface area contributed by atoms with Crippen molar-refractivity contribution >= 4 is 21.9 Å². The molecule has 0 spiro atoms. The second-order valence-corrected chi connectivity index (χ2v) is 15.5. The Balaban J connectivity index is 0.00000435. The molecule has 0 amide bonds. The fraction of sp³-hybridized carbons (Fsp3) is 0.170. The third-order valence-corrected chi connectivity index (χ3v) is 9.82. The Bertz CT molecular complexity index is 2600. The van der Waals surface area contributed by atoms with Gasteiger partial charge in [-0.1, -0.05) is 107 Å². The summed E-state index contributed by atoms with van der Waals surface area (Å²) in [5, 5.41) is 12.4. The zero-order valence-corrected chi connectivity index (χ0v) is 33.0. The fourth-order valence-corrected chi connectivity index (χ4v) is 6.91. The van der Waals surface area contributed by atoms with Gasteiger partial charge in [0.1, 0.15) is 11.6 Å². The summed E-state index contributed by atoms with van der Waals surface area (Å²) < 4.78 is 2.16. The Labute approximate surface area is 325 Å². The van der Waals surface area contributed by atoms with Crippen molar-refractivity contribution in [1.29, 1.82) is 0 Å². The number of hydrogen-bond donors (Lipinski definition) is 1. The van der Waals surface area contributed by atoms with Gasteiger partial charge in [0, 0.05) is 50.9 Å². The molecule has 3 heterocycles. The van der Waals surface area contributed by atoms with Crippen molar-refractivity contribution < 1.29 is 26.2 Å². The number of pyridine rings is 2. The summed E-state index contributed by atoms with van der Waals surface area (Å²) in [5.74, 6) is 0.877. The van der Waals surface area contributed by atoms with Crippen LogP contribution >= 0.6 is 0 Å². The molecule has 53 heavy (non-hydrogen) atoms. The first kappa shape index (κ1) is 36.0. The van der Waals surface area contributed by atoms with E-state index in [1.807, 2.05) is 48.8 Å². The van der Waals surface area contributed by atoms with Crippen molar-refractivity contribution in [3.63, 3.8) is 0 Å². The third kappa shape index (κ3) is 6.82. The molecule has 266 valence electrons. The molecular weight excluding hydrogens is 832 g/mol. The van der Waals surface area contributed by atoms with Gasteiger partial charge in [-0.15, -0.1) is 34.9 Å². The van der Waals surface area contributed by atoms with E-state index in [2.05, 4.69) is 130 Å². The zero-order chi connectivity index (χ0) is 36.2. The molecule has 3 aromatic heterocycles. The van der Waals surface area contributed by atoms with E-state index in [1.54, 1.807) is 12.3 Å². The van der Waals surface area contributed by atoms with Gasteiger partial charge in [-0.25, -0.2) is 4.98 Å². The Kier molecular flexibility index (Phi) is 9.42. The smallest absolute Gasteiger partial charge is 0.148 e. The molecule has 5 aromatic carbocycles. The first-order chi connectivity index (χ1) is 25.0. The number of phenolic OH excluding ortho intramolecular Hbond substituents is 1. The molecule has 0 saturated heterocycles. The maximum absolute atomic E-state index is 11.3. The number of imidazole rings is 1. The number of hydrogen-bond acceptors (Lipinski definition) is 4. The minimum atomic E-state index is -0.148. The molecule has 0 radical (unpaired) electrons. The van der Waals surface area contributed by atoms with Crippen molar-refractivity contribution in [2.45, 2.75) is 52.4 Å². The molecule has 0 aliphatic rings. The number of benzene rings is 5. The number of rotatable bonds is 5. The summed E-state index contributed by atoms with van der Waals surface area (Å²) in [6.07, 6.45) is 5.55. The number of aromatic nitrogens is 4. The SMILES string of the molecule is CC(C)(C)c1cc(-c2cc(-c3cccnc3)cc3cccnc23)[c-]c(-c2cccc3c2nc(-c2cc(C(C)(C)C)ccc2O)n3-c2ccccc2)c1.[Pt]. The predicted octanol–water partition coefficient (Wildman–Crippen LogP) is 11.7. The molecule has 8 rings (SSSR count). The molecule has 0 bridgehead atoms. The molecule has 0 aliphatic heterocycles. The molecular formula is C47H41N4OPt-. The summed E-state index contributed by atoms with van der Waals surface area (Å²) >= 11 is 0. The maximum atomic E-state index is 11.3. The molecule has 5 nitrogen and oxygen atoms in total. The normalized spacial score (nSPS) is 11.9. The van der Waals surface area contributed by atoms with E-state index in [4.69, 9.17) is 9.97 Å². The predicted molar refractivity (Wildman–Crippen MR) is 214 cm³/mol. The van der Waals surface area contributed by atoms with Gasteiger partial charge < -0.3 is 5.11 Å². The van der Waals surface area contributed by atoms with Crippen LogP contribution in [0.25, 0.3) is 72.4 Å². The Morgan fingerprint density at radius 1 is 0.604 bits per heavy atom. The van der Waals surface area contributed by atoms with Crippen LogP contribution in [0.5, 0.6) is 5.75 Å². The van der Waals surface area contributed by atoms with Gasteiger partial charge >= 0.3 is 0 Å². The summed E-state index contributed by atoms with van der Waals surface area (Å²) in [4.78, 5) is 14.7. The van der Waals surface area contributed by atoms with Crippen molar-refractivity contribution in [2.75, 3.05) is 0 Å². The second kappa shape index (κ2) is 13.9. The van der Waals surface area contributed by atoms with Crippen LogP contribution in [-0.2, 0) is 31.9 Å². The fourth-order valence-electron chi connectivity index (χ4n) is 6.91. The molecule has 0 aliphatic carbocycles. The number of nitrogens with zero attached hydrogens (tertiary/aromatic N) is 4. The average Bonchev–Trinajstić information content (AvgIpc) is 3.54. The van der Waals surface area contributed by atoms with E-state index in [0.717, 1.165) is 66.6 Å². The van der Waals surface area contributed by atoms with E-state index >= 15 is 0 Å². The van der Waals surface area contributed by atoms with Gasteiger partial charge in [0.2, 0.25) is 0 Å². The van der Waals surface area contributed by atoms with Crippen LogP contribution in [0.4, 0.5) is 0 Å². The summed E-state index contributed by atoms with van der Waals surface area (Å²) in [7, 11) is 0. The van der Waals surface area contributed by atoms with Gasteiger partial charge in [-0.2, -0.15) is 0 Å². The molecule has 0 atom stereocenters. The van der Waals surface area contributed by atoms with Gasteiger partial charge in [0.05, 0.1) is 16.6 Å². The van der Waals surface area contributed by atoms with Crippen LogP contribution < -0.4 is 0 Å². The van der Waals surface area contributed by atoms with Crippen LogP contribution in [0.2, 0.25) is 0 Å². The summed E-state index contributed by atoms with van der Waals surface area (Å²) in [6.45, 7) is 13.3. The van der Waals surface area contributed by atoms with Gasteiger partial charge in [0.25, 0.3) is 0 Å². The van der Waals surface area contributed by atoms with Crippen LogP contribution in [0.1, 0.15) is 52.7 Å². The van der Waals surface area contributed by atoms with E-state index in [9.17, 15) is 5.11 Å². The number of aromatic hydroxyl groups is 1. The number of phenols is 1. The topological polar surface area (TPSA) is 63.8 Å². The summed E-state index contributed by atoms with van der Waals surface area (Å²) in [6, 6.07) is 43.3. The van der Waals surface area contributed by atoms with Crippen molar-refractivity contribution in [1.82, 2.24) is 19.5 Å². The van der Waals surface area contributed by atoms with Crippen molar-refractivity contribution in [3.05, 3.63) is 151 Å². The minimum Gasteiger partial charge on any atom is -0.507 e. The van der Waals surface area contributed by atoms with E-state index in [1.165, 1.54) is 5.56 Å². The Morgan fingerprint density at radius 3 is 2.06 bits per heavy atom. The second-order valence-electron chi connectivity index (χ2n) is 15.5. The van der Waals surface area contributed by atoms with Crippen LogP contribution in [0.3, 0.4) is 0 Å². The average molecular weight is 873 g/mol. The van der Waals surface area contributed by atoms with E-state index in [0.29, 0.717) is 11.4 Å². The Morgan fingerprint density at radius 2 is 1.34 bits per heavy atom. The molecule has 0 unspecified atom stereocenters. The molecule has 1 N–H and O–H groups in total. The molecule has 0 fully saturated rings. The zero-order valence-electron chi connectivity index (χ0n) is 30.8. The first-order valence-electron chi connectivity index (χ1n) is 17.7. The van der Waals surface area contributed by atoms with E-state index in [-0.39, 0.29) is 37.6 Å². The number of para-hydroxylation sites is 2. The van der Waals surface area contributed by atoms with E-state index < -0.39 is 0 Å². The minimum absolute atomic E-state index is 0. The molecule has 0 saturated carbocycles.